The molecule has 8 nitrogen and oxygen atoms in total. The maximum atomic E-state index is 12.9. The zero-order valence-electron chi connectivity index (χ0n) is 24.4. The number of nitrogens with one attached hydrogen (secondary N) is 2. The third kappa shape index (κ3) is 5.54. The van der Waals surface area contributed by atoms with E-state index in [0.717, 1.165) is 41.7 Å². The van der Waals surface area contributed by atoms with Crippen molar-refractivity contribution >= 4 is 28.4 Å². The third-order valence-corrected chi connectivity index (χ3v) is 8.86. The number of aliphatic hydroxyl groups is 1. The first-order valence-corrected chi connectivity index (χ1v) is 15.0. The molecule has 0 aliphatic carbocycles. The Labute approximate surface area is 256 Å². The first-order chi connectivity index (χ1) is 20.8. The van der Waals surface area contributed by atoms with Gasteiger partial charge in [0.25, 0.3) is 11.5 Å². The molecular weight excluding hydrogens is 562 g/mol. The summed E-state index contributed by atoms with van der Waals surface area (Å²) in [6.45, 7) is 4.18. The fourth-order valence-corrected chi connectivity index (χ4v) is 6.39. The predicted octanol–water partition coefficient (Wildman–Crippen LogP) is 4.25. The van der Waals surface area contributed by atoms with Crippen molar-refractivity contribution in [3.05, 3.63) is 117 Å². The van der Waals surface area contributed by atoms with Crippen molar-refractivity contribution < 1.29 is 9.90 Å². The number of aromatic nitrogens is 1. The smallest absolute Gasteiger partial charge is 0.251 e. The average Bonchev–Trinajstić information content (AvgIpc) is 3.70. The van der Waals surface area contributed by atoms with Crippen molar-refractivity contribution in [2.45, 2.75) is 18.4 Å². The number of hydrogen-bond donors (Lipinski definition) is 3. The summed E-state index contributed by atoms with van der Waals surface area (Å²) in [5.74, 6) is -0.133. The SMILES string of the molecule is CN1CNC=C1C(O)(c1ccc(C(=O)NCCN2CCCC2)cc1)c1ccc2c(c1)c(-c1cccc(Cl)c1)cc(=O)n2C. The number of aryl methyl sites for hydroxylation is 1. The maximum Gasteiger partial charge on any atom is 0.251 e. The Kier molecular flexibility index (Phi) is 8.01. The van der Waals surface area contributed by atoms with Crippen LogP contribution in [0.2, 0.25) is 5.02 Å². The number of pyridine rings is 1. The van der Waals surface area contributed by atoms with Crippen molar-refractivity contribution in [2.24, 2.45) is 7.05 Å². The summed E-state index contributed by atoms with van der Waals surface area (Å²) < 4.78 is 1.60. The van der Waals surface area contributed by atoms with Crippen LogP contribution in [0.1, 0.15) is 34.3 Å². The number of carbonyl (C=O) groups excluding carboxylic acids is 1. The summed E-state index contributed by atoms with van der Waals surface area (Å²) in [6.07, 6.45) is 4.26. The van der Waals surface area contributed by atoms with E-state index in [1.54, 1.807) is 35.9 Å². The maximum absolute atomic E-state index is 12.9. The number of nitrogens with zero attached hydrogens (tertiary/aromatic N) is 3. The molecule has 2 aliphatic heterocycles. The average molecular weight is 598 g/mol. The minimum Gasteiger partial charge on any atom is -0.374 e. The lowest BCUT2D eigenvalue weighted by atomic mass is 9.82. The van der Waals surface area contributed by atoms with Crippen LogP contribution in [0, 0.1) is 0 Å². The molecule has 0 spiro atoms. The molecular formula is C34H36ClN5O3. The number of hydrogen-bond acceptors (Lipinski definition) is 6. The summed E-state index contributed by atoms with van der Waals surface area (Å²) in [6, 6.07) is 21.8. The van der Waals surface area contributed by atoms with Gasteiger partial charge in [-0.25, -0.2) is 0 Å². The van der Waals surface area contributed by atoms with Crippen molar-refractivity contribution in [2.75, 3.05) is 39.9 Å². The molecule has 1 aromatic heterocycles. The first kappa shape index (κ1) is 29.0. The number of rotatable bonds is 8. The first-order valence-electron chi connectivity index (χ1n) is 14.6. The topological polar surface area (TPSA) is 89.8 Å². The predicted molar refractivity (Wildman–Crippen MR) is 171 cm³/mol. The van der Waals surface area contributed by atoms with Crippen LogP contribution < -0.4 is 16.2 Å². The molecule has 6 rings (SSSR count). The zero-order valence-corrected chi connectivity index (χ0v) is 25.2. The molecule has 3 N–H and O–H groups in total. The number of likely N-dealkylation sites (tertiary alicyclic amines) is 1. The molecule has 4 aromatic rings. The molecule has 0 saturated carbocycles. The van der Waals surface area contributed by atoms with Crippen LogP contribution in [0.25, 0.3) is 22.0 Å². The highest BCUT2D eigenvalue weighted by Gasteiger charge is 2.40. The second kappa shape index (κ2) is 11.9. The van der Waals surface area contributed by atoms with Crippen LogP contribution in [-0.2, 0) is 12.6 Å². The summed E-state index contributed by atoms with van der Waals surface area (Å²) in [7, 11) is 3.66. The lowest BCUT2D eigenvalue weighted by molar-refractivity contribution is 0.0923. The van der Waals surface area contributed by atoms with Gasteiger partial charge in [-0.3, -0.25) is 9.59 Å². The van der Waals surface area contributed by atoms with Crippen molar-refractivity contribution in [3.63, 3.8) is 0 Å². The minimum atomic E-state index is -1.54. The van der Waals surface area contributed by atoms with Crippen LogP contribution >= 0.6 is 11.6 Å². The van der Waals surface area contributed by atoms with Gasteiger partial charge in [0.2, 0.25) is 0 Å². The van der Waals surface area contributed by atoms with Crippen LogP contribution in [0.5, 0.6) is 0 Å². The van der Waals surface area contributed by atoms with Gasteiger partial charge in [-0.1, -0.05) is 41.9 Å². The Morgan fingerprint density at radius 2 is 1.74 bits per heavy atom. The van der Waals surface area contributed by atoms with E-state index in [4.69, 9.17) is 11.6 Å². The molecule has 3 aromatic carbocycles. The molecule has 1 fully saturated rings. The van der Waals surface area contributed by atoms with Gasteiger partial charge in [0.15, 0.2) is 5.60 Å². The molecule has 0 bridgehead atoms. The summed E-state index contributed by atoms with van der Waals surface area (Å²) >= 11 is 6.32. The zero-order chi connectivity index (χ0) is 30.1. The molecule has 9 heteroatoms. The summed E-state index contributed by atoms with van der Waals surface area (Å²) in [5, 5.41) is 20.3. The lowest BCUT2D eigenvalue weighted by Gasteiger charge is -2.34. The Hall–Kier alpha value is -4.11. The van der Waals surface area contributed by atoms with Gasteiger partial charge < -0.3 is 30.1 Å². The molecule has 1 atom stereocenters. The number of likely N-dealkylation sites (N-methyl/N-ethyl adjacent to an activating group) is 1. The van der Waals surface area contributed by atoms with Crippen LogP contribution in [0.3, 0.4) is 0 Å². The van der Waals surface area contributed by atoms with E-state index in [1.807, 2.05) is 66.7 Å². The van der Waals surface area contributed by atoms with Crippen LogP contribution in [-0.4, -0.2) is 65.3 Å². The normalized spacial score (nSPS) is 16.7. The van der Waals surface area contributed by atoms with Gasteiger partial charge in [-0.05, 0) is 84.6 Å². The highest BCUT2D eigenvalue weighted by atomic mass is 35.5. The Morgan fingerprint density at radius 1 is 1.00 bits per heavy atom. The Bertz CT molecular complexity index is 1760. The highest BCUT2D eigenvalue weighted by Crippen LogP contribution is 2.41. The van der Waals surface area contributed by atoms with Gasteiger partial charge in [-0.2, -0.15) is 0 Å². The fourth-order valence-electron chi connectivity index (χ4n) is 6.20. The van der Waals surface area contributed by atoms with Crippen molar-refractivity contribution in [1.29, 1.82) is 0 Å². The van der Waals surface area contributed by atoms with Crippen LogP contribution in [0.15, 0.2) is 89.5 Å². The molecule has 1 unspecified atom stereocenters. The van der Waals surface area contributed by atoms with E-state index in [9.17, 15) is 14.7 Å². The second-order valence-corrected chi connectivity index (χ2v) is 11.8. The quantitative estimate of drug-likeness (QED) is 0.281. The lowest BCUT2D eigenvalue weighted by Crippen LogP contribution is -2.36. The fraction of sp³-hybridized carbons (Fsp3) is 0.294. The molecule has 43 heavy (non-hydrogen) atoms. The van der Waals surface area contributed by atoms with Crippen molar-refractivity contribution in [1.82, 2.24) is 25.0 Å². The molecule has 1 amide bonds. The van der Waals surface area contributed by atoms with Gasteiger partial charge in [-0.15, -0.1) is 0 Å². The van der Waals surface area contributed by atoms with Gasteiger partial charge in [0.05, 0.1) is 17.9 Å². The summed E-state index contributed by atoms with van der Waals surface area (Å²) in [5.41, 5.74) is 3.07. The van der Waals surface area contributed by atoms with Gasteiger partial charge in [0, 0.05) is 55.4 Å². The second-order valence-electron chi connectivity index (χ2n) is 11.4. The molecule has 3 heterocycles. The van der Waals surface area contributed by atoms with E-state index in [0.29, 0.717) is 40.6 Å². The standard InChI is InChI=1S/C34H36ClN5O3/c1-38-22-36-21-31(38)34(43,25-10-8-23(9-11-25)33(42)37-14-17-40-15-3-4-16-40)26-12-13-30-29(19-26)28(20-32(41)39(30)2)24-6-5-7-27(35)18-24/h5-13,18-21,36,43H,3-4,14-17,22H2,1-2H3,(H,37,42). The Balaban J connectivity index is 1.40. The number of fused-ring (bicyclic) bond motifs is 1. The van der Waals surface area contributed by atoms with Crippen molar-refractivity contribution in [3.8, 4) is 11.1 Å². The summed E-state index contributed by atoms with van der Waals surface area (Å²) in [4.78, 5) is 30.1. The van der Waals surface area contributed by atoms with E-state index < -0.39 is 5.60 Å². The van der Waals surface area contributed by atoms with Gasteiger partial charge >= 0.3 is 0 Å². The van der Waals surface area contributed by atoms with E-state index in [-0.39, 0.29) is 11.5 Å². The molecule has 222 valence electrons. The van der Waals surface area contributed by atoms with E-state index in [2.05, 4.69) is 15.5 Å². The molecule has 1 saturated heterocycles. The minimum absolute atomic E-state index is 0.133. The number of carbonyl (C=O) groups is 1. The monoisotopic (exact) mass is 597 g/mol. The van der Waals surface area contributed by atoms with E-state index >= 15 is 0 Å². The van der Waals surface area contributed by atoms with Crippen LogP contribution in [0.4, 0.5) is 0 Å². The van der Waals surface area contributed by atoms with Gasteiger partial charge in [0.1, 0.15) is 0 Å². The number of benzene rings is 3. The molecule has 0 radical (unpaired) electrons. The Morgan fingerprint density at radius 3 is 2.44 bits per heavy atom. The third-order valence-electron chi connectivity index (χ3n) is 8.63. The number of halogens is 1. The largest absolute Gasteiger partial charge is 0.374 e. The molecule has 2 aliphatic rings. The van der Waals surface area contributed by atoms with E-state index in [1.165, 1.54) is 12.8 Å². The number of amides is 1. The highest BCUT2D eigenvalue weighted by molar-refractivity contribution is 6.30.